The van der Waals surface area contributed by atoms with Gasteiger partial charge in [-0.25, -0.2) is 0 Å². The van der Waals surface area contributed by atoms with Gasteiger partial charge in [-0.1, -0.05) is 13.8 Å². The molecule has 2 unspecified atom stereocenters. The van der Waals surface area contributed by atoms with Crippen molar-refractivity contribution in [1.82, 2.24) is 0 Å². The van der Waals surface area contributed by atoms with Gasteiger partial charge in [0.2, 0.25) is 0 Å². The lowest BCUT2D eigenvalue weighted by molar-refractivity contribution is -0.0106. The van der Waals surface area contributed by atoms with Gasteiger partial charge < -0.3 is 9.47 Å². The molecule has 2 heteroatoms. The fourth-order valence-corrected chi connectivity index (χ4v) is 1.07. The number of ether oxygens (including phenoxy) is 2. The molecule has 11 heavy (non-hydrogen) atoms. The van der Waals surface area contributed by atoms with Crippen LogP contribution >= 0.6 is 0 Å². The molecule has 1 aliphatic heterocycles. The first-order valence-corrected chi connectivity index (χ1v) is 4.14. The van der Waals surface area contributed by atoms with E-state index in [1.165, 1.54) is 0 Å². The summed E-state index contributed by atoms with van der Waals surface area (Å²) in [7, 11) is 0. The van der Waals surface area contributed by atoms with Crippen LogP contribution in [0.2, 0.25) is 0 Å². The molecule has 1 saturated heterocycles. The molecule has 0 spiro atoms. The Labute approximate surface area is 68.2 Å². The maximum absolute atomic E-state index is 5.25. The summed E-state index contributed by atoms with van der Waals surface area (Å²) in [5, 5.41) is 0. The van der Waals surface area contributed by atoms with Crippen molar-refractivity contribution in [3.8, 4) is 0 Å². The average Bonchev–Trinajstić information content (AvgIpc) is 1.98. The Morgan fingerprint density at radius 2 is 2.00 bits per heavy atom. The summed E-state index contributed by atoms with van der Waals surface area (Å²) in [6.07, 6.45) is 1.10. The van der Waals surface area contributed by atoms with Crippen molar-refractivity contribution in [3.63, 3.8) is 0 Å². The minimum absolute atomic E-state index is 0.476. The van der Waals surface area contributed by atoms with Crippen LogP contribution in [0.4, 0.5) is 0 Å². The van der Waals surface area contributed by atoms with Crippen LogP contribution in [0.1, 0.15) is 20.3 Å². The molecule has 0 aromatic rings. The highest BCUT2D eigenvalue weighted by Gasteiger charge is 2.16. The molecule has 0 aromatic heterocycles. The first kappa shape index (κ1) is 8.44. The highest BCUT2D eigenvalue weighted by Crippen LogP contribution is 2.19. The summed E-state index contributed by atoms with van der Waals surface area (Å²) in [4.78, 5) is 0. The smallest absolute Gasteiger partial charge is 0.271 e. The molecular formula is C9H16O2. The van der Waals surface area contributed by atoms with E-state index < -0.39 is 0 Å². The molecule has 1 aliphatic rings. The first-order chi connectivity index (χ1) is 5.20. The monoisotopic (exact) mass is 156 g/mol. The van der Waals surface area contributed by atoms with E-state index >= 15 is 0 Å². The SMILES string of the molecule is C=C1OCCC(C)C(C)CO1. The van der Waals surface area contributed by atoms with E-state index in [-0.39, 0.29) is 0 Å². The summed E-state index contributed by atoms with van der Waals surface area (Å²) < 4.78 is 10.4. The number of hydrogen-bond donors (Lipinski definition) is 0. The van der Waals surface area contributed by atoms with Crippen LogP contribution < -0.4 is 0 Å². The van der Waals surface area contributed by atoms with Gasteiger partial charge in [0.15, 0.2) is 0 Å². The quantitative estimate of drug-likeness (QED) is 0.535. The van der Waals surface area contributed by atoms with Crippen LogP contribution in [-0.4, -0.2) is 13.2 Å². The highest BCUT2D eigenvalue weighted by molar-refractivity contribution is 4.73. The van der Waals surface area contributed by atoms with E-state index in [4.69, 9.17) is 9.47 Å². The van der Waals surface area contributed by atoms with Crippen LogP contribution in [0.25, 0.3) is 0 Å². The zero-order valence-electron chi connectivity index (χ0n) is 7.30. The van der Waals surface area contributed by atoms with Crippen molar-refractivity contribution < 1.29 is 9.47 Å². The Balaban J connectivity index is 2.40. The summed E-state index contributed by atoms with van der Waals surface area (Å²) >= 11 is 0. The lowest BCUT2D eigenvalue weighted by Crippen LogP contribution is -2.20. The van der Waals surface area contributed by atoms with Crippen LogP contribution in [0.5, 0.6) is 0 Å². The summed E-state index contributed by atoms with van der Waals surface area (Å²) in [6, 6.07) is 0. The van der Waals surface area contributed by atoms with Gasteiger partial charge in [-0.2, -0.15) is 0 Å². The minimum Gasteiger partial charge on any atom is -0.466 e. The van der Waals surface area contributed by atoms with Gasteiger partial charge in [-0.05, 0) is 24.8 Å². The van der Waals surface area contributed by atoms with Gasteiger partial charge in [0.1, 0.15) is 0 Å². The lowest BCUT2D eigenvalue weighted by Gasteiger charge is -2.24. The molecule has 1 heterocycles. The molecule has 0 aromatic carbocycles. The Morgan fingerprint density at radius 3 is 2.73 bits per heavy atom. The third-order valence-electron chi connectivity index (χ3n) is 2.31. The van der Waals surface area contributed by atoms with E-state index in [0.29, 0.717) is 17.8 Å². The van der Waals surface area contributed by atoms with Crippen LogP contribution in [0.15, 0.2) is 12.5 Å². The second-order valence-electron chi connectivity index (χ2n) is 3.27. The van der Waals surface area contributed by atoms with Crippen LogP contribution in [-0.2, 0) is 9.47 Å². The molecule has 0 radical (unpaired) electrons. The van der Waals surface area contributed by atoms with Crippen molar-refractivity contribution in [2.75, 3.05) is 13.2 Å². The fourth-order valence-electron chi connectivity index (χ4n) is 1.07. The maximum Gasteiger partial charge on any atom is 0.271 e. The number of hydrogen-bond acceptors (Lipinski definition) is 2. The molecule has 1 rings (SSSR count). The van der Waals surface area contributed by atoms with Gasteiger partial charge in [0.05, 0.1) is 13.2 Å². The molecule has 0 amide bonds. The molecule has 0 bridgehead atoms. The van der Waals surface area contributed by atoms with E-state index in [1.807, 2.05) is 0 Å². The zero-order valence-corrected chi connectivity index (χ0v) is 7.30. The van der Waals surface area contributed by atoms with Gasteiger partial charge in [0.25, 0.3) is 5.95 Å². The zero-order chi connectivity index (χ0) is 8.27. The molecule has 2 nitrogen and oxygen atoms in total. The van der Waals surface area contributed by atoms with Gasteiger partial charge in [0, 0.05) is 0 Å². The Morgan fingerprint density at radius 1 is 1.27 bits per heavy atom. The lowest BCUT2D eigenvalue weighted by atomic mass is 9.94. The maximum atomic E-state index is 5.25. The van der Waals surface area contributed by atoms with Crippen molar-refractivity contribution in [2.45, 2.75) is 20.3 Å². The van der Waals surface area contributed by atoms with Gasteiger partial charge >= 0.3 is 0 Å². The van der Waals surface area contributed by atoms with Crippen molar-refractivity contribution in [1.29, 1.82) is 0 Å². The van der Waals surface area contributed by atoms with E-state index in [0.717, 1.165) is 19.6 Å². The molecular weight excluding hydrogens is 140 g/mol. The van der Waals surface area contributed by atoms with E-state index in [1.54, 1.807) is 0 Å². The molecule has 0 N–H and O–H groups in total. The molecule has 0 aliphatic carbocycles. The van der Waals surface area contributed by atoms with Crippen molar-refractivity contribution in [3.05, 3.63) is 12.5 Å². The summed E-state index contributed by atoms with van der Waals surface area (Å²) in [6.45, 7) is 9.53. The van der Waals surface area contributed by atoms with E-state index in [2.05, 4.69) is 20.4 Å². The van der Waals surface area contributed by atoms with Crippen molar-refractivity contribution in [2.24, 2.45) is 11.8 Å². The Hall–Kier alpha value is -0.660. The second kappa shape index (κ2) is 3.65. The average molecular weight is 156 g/mol. The Bertz CT molecular complexity index is 142. The standard InChI is InChI=1S/C9H16O2/c1-7-4-5-10-9(3)11-6-8(7)2/h7-8H,3-6H2,1-2H3. The summed E-state index contributed by atoms with van der Waals surface area (Å²) in [5.74, 6) is 1.77. The summed E-state index contributed by atoms with van der Waals surface area (Å²) in [5.41, 5.74) is 0. The molecule has 2 atom stereocenters. The van der Waals surface area contributed by atoms with Gasteiger partial charge in [-0.3, -0.25) is 0 Å². The molecule has 0 saturated carbocycles. The third kappa shape index (κ3) is 2.45. The third-order valence-corrected chi connectivity index (χ3v) is 2.31. The van der Waals surface area contributed by atoms with Crippen LogP contribution in [0.3, 0.4) is 0 Å². The van der Waals surface area contributed by atoms with Crippen molar-refractivity contribution >= 4 is 0 Å². The largest absolute Gasteiger partial charge is 0.466 e. The normalized spacial score (nSPS) is 33.1. The van der Waals surface area contributed by atoms with Crippen LogP contribution in [0, 0.1) is 11.8 Å². The molecule has 64 valence electrons. The van der Waals surface area contributed by atoms with E-state index in [9.17, 15) is 0 Å². The minimum atomic E-state index is 0.476. The topological polar surface area (TPSA) is 18.5 Å². The first-order valence-electron chi connectivity index (χ1n) is 4.14. The fraction of sp³-hybridized carbons (Fsp3) is 0.778. The Kier molecular flexibility index (Phi) is 2.80. The van der Waals surface area contributed by atoms with Gasteiger partial charge in [-0.15, -0.1) is 0 Å². The predicted molar refractivity (Wildman–Crippen MR) is 44.0 cm³/mol. The highest BCUT2D eigenvalue weighted by atomic mass is 16.7. The predicted octanol–water partition coefficient (Wildman–Crippen LogP) is 2.17. The second-order valence-corrected chi connectivity index (χ2v) is 3.27. The number of rotatable bonds is 0. The molecule has 1 fully saturated rings.